The maximum atomic E-state index is 11.9. The molecule has 3 aromatic heterocycles. The van der Waals surface area contributed by atoms with Gasteiger partial charge in [-0.3, -0.25) is 4.57 Å². The molecule has 148 valence electrons. The fraction of sp³-hybridized carbons (Fsp3) is 0.450. The summed E-state index contributed by atoms with van der Waals surface area (Å²) in [6.45, 7) is 6.17. The van der Waals surface area contributed by atoms with E-state index in [0.29, 0.717) is 26.2 Å². The lowest BCUT2D eigenvalue weighted by Gasteiger charge is -2.31. The highest BCUT2D eigenvalue weighted by molar-refractivity contribution is 5.74. The molecular formula is C20H25N5O3. The normalized spacial score (nSPS) is 15.1. The molecule has 1 aliphatic heterocycles. The number of amides is 1. The smallest absolute Gasteiger partial charge is 0.409 e. The van der Waals surface area contributed by atoms with Crippen molar-refractivity contribution in [3.05, 3.63) is 42.0 Å². The summed E-state index contributed by atoms with van der Waals surface area (Å²) in [4.78, 5) is 22.9. The van der Waals surface area contributed by atoms with Gasteiger partial charge in [0.2, 0.25) is 5.95 Å². The Bertz CT molecular complexity index is 956. The molecule has 3 aromatic rings. The lowest BCUT2D eigenvalue weighted by molar-refractivity contribution is 0.0983. The van der Waals surface area contributed by atoms with Crippen molar-refractivity contribution in [3.63, 3.8) is 0 Å². The van der Waals surface area contributed by atoms with E-state index in [1.165, 1.54) is 0 Å². The number of piperidine rings is 1. The summed E-state index contributed by atoms with van der Waals surface area (Å²) in [5.74, 6) is 1.67. The molecule has 28 heavy (non-hydrogen) atoms. The number of aryl methyl sites for hydroxylation is 1. The van der Waals surface area contributed by atoms with Crippen molar-refractivity contribution < 1.29 is 13.9 Å². The van der Waals surface area contributed by atoms with E-state index < -0.39 is 0 Å². The zero-order chi connectivity index (χ0) is 19.5. The number of fused-ring (bicyclic) bond motifs is 1. The predicted octanol–water partition coefficient (Wildman–Crippen LogP) is 3.41. The van der Waals surface area contributed by atoms with Crippen LogP contribution >= 0.6 is 0 Å². The molecule has 0 radical (unpaired) electrons. The van der Waals surface area contributed by atoms with E-state index in [1.54, 1.807) is 17.4 Å². The van der Waals surface area contributed by atoms with Crippen LogP contribution in [0.4, 0.5) is 10.7 Å². The third-order valence-corrected chi connectivity index (χ3v) is 5.13. The van der Waals surface area contributed by atoms with Crippen LogP contribution in [0.3, 0.4) is 0 Å². The van der Waals surface area contributed by atoms with Gasteiger partial charge in [0.05, 0.1) is 19.4 Å². The number of carbonyl (C=O) groups excluding carboxylic acids is 1. The molecule has 1 saturated heterocycles. The van der Waals surface area contributed by atoms with Gasteiger partial charge in [0.15, 0.2) is 5.65 Å². The molecule has 1 N–H and O–H groups in total. The van der Waals surface area contributed by atoms with Crippen LogP contribution in [-0.4, -0.2) is 51.3 Å². The first-order valence-corrected chi connectivity index (χ1v) is 9.68. The lowest BCUT2D eigenvalue weighted by atomic mass is 10.1. The monoisotopic (exact) mass is 383 g/mol. The van der Waals surface area contributed by atoms with E-state index in [4.69, 9.17) is 14.1 Å². The van der Waals surface area contributed by atoms with E-state index in [-0.39, 0.29) is 12.1 Å². The molecule has 0 unspecified atom stereocenters. The van der Waals surface area contributed by atoms with Gasteiger partial charge in [-0.1, -0.05) is 0 Å². The molecule has 4 rings (SSSR count). The number of pyridine rings is 1. The number of nitrogens with zero attached hydrogens (tertiary/aromatic N) is 4. The minimum atomic E-state index is -0.231. The molecule has 8 heteroatoms. The summed E-state index contributed by atoms with van der Waals surface area (Å²) in [7, 11) is 0. The molecule has 0 spiro atoms. The largest absolute Gasteiger partial charge is 0.467 e. The molecule has 0 aliphatic carbocycles. The topological polar surface area (TPSA) is 85.4 Å². The first-order valence-electron chi connectivity index (χ1n) is 9.68. The van der Waals surface area contributed by atoms with Gasteiger partial charge in [0.1, 0.15) is 11.3 Å². The predicted molar refractivity (Wildman–Crippen MR) is 105 cm³/mol. The van der Waals surface area contributed by atoms with Crippen molar-refractivity contribution in [2.24, 2.45) is 0 Å². The summed E-state index contributed by atoms with van der Waals surface area (Å²) >= 11 is 0. The Morgan fingerprint density at radius 3 is 2.89 bits per heavy atom. The summed E-state index contributed by atoms with van der Waals surface area (Å²) in [6, 6.07) is 6.04. The van der Waals surface area contributed by atoms with Crippen molar-refractivity contribution in [1.82, 2.24) is 19.4 Å². The van der Waals surface area contributed by atoms with Crippen LogP contribution in [0, 0.1) is 6.92 Å². The zero-order valence-corrected chi connectivity index (χ0v) is 16.2. The highest BCUT2D eigenvalue weighted by Crippen LogP contribution is 2.23. The molecule has 1 amide bonds. The molecule has 1 aliphatic rings. The quantitative estimate of drug-likeness (QED) is 0.727. The van der Waals surface area contributed by atoms with E-state index >= 15 is 0 Å². The van der Waals surface area contributed by atoms with Gasteiger partial charge in [-0.15, -0.1) is 0 Å². The van der Waals surface area contributed by atoms with E-state index in [2.05, 4.69) is 14.9 Å². The molecule has 1 fully saturated rings. The van der Waals surface area contributed by atoms with E-state index in [9.17, 15) is 4.79 Å². The fourth-order valence-corrected chi connectivity index (χ4v) is 3.53. The van der Waals surface area contributed by atoms with Crippen LogP contribution in [0.15, 0.2) is 35.1 Å². The minimum absolute atomic E-state index is 0.231. The van der Waals surface area contributed by atoms with Crippen LogP contribution in [0.2, 0.25) is 0 Å². The Morgan fingerprint density at radius 1 is 1.36 bits per heavy atom. The van der Waals surface area contributed by atoms with E-state index in [0.717, 1.165) is 41.3 Å². The average molecular weight is 383 g/mol. The number of imidazole rings is 1. The standard InChI is InChI=1S/C20H25N5O3/c1-3-27-20(26)24-10-6-15(7-11-24)22-19-23-16-5-4-9-21-18(16)25(19)13-17-14(2)8-12-28-17/h4-5,8-9,12,15H,3,6-7,10-11,13H2,1-2H3,(H,22,23). The summed E-state index contributed by atoms with van der Waals surface area (Å²) < 4.78 is 12.8. The van der Waals surface area contributed by atoms with Gasteiger partial charge in [0.25, 0.3) is 0 Å². The van der Waals surface area contributed by atoms with Gasteiger partial charge in [0, 0.05) is 25.3 Å². The second-order valence-electron chi connectivity index (χ2n) is 7.00. The summed E-state index contributed by atoms with van der Waals surface area (Å²) in [6.07, 6.45) is 4.93. The average Bonchev–Trinajstić information content (AvgIpc) is 3.26. The summed E-state index contributed by atoms with van der Waals surface area (Å²) in [5, 5.41) is 3.55. The highest BCUT2D eigenvalue weighted by atomic mass is 16.6. The third kappa shape index (κ3) is 3.67. The first kappa shape index (κ1) is 18.3. The van der Waals surface area contributed by atoms with Gasteiger partial charge in [-0.25, -0.2) is 14.8 Å². The Morgan fingerprint density at radius 2 is 2.18 bits per heavy atom. The molecule has 0 aromatic carbocycles. The molecule has 0 bridgehead atoms. The third-order valence-electron chi connectivity index (χ3n) is 5.13. The van der Waals surface area contributed by atoms with Crippen molar-refractivity contribution in [2.45, 2.75) is 39.3 Å². The zero-order valence-electron chi connectivity index (χ0n) is 16.2. The maximum Gasteiger partial charge on any atom is 0.409 e. The Kier molecular flexibility index (Phi) is 5.18. The molecular weight excluding hydrogens is 358 g/mol. The van der Waals surface area contributed by atoms with Gasteiger partial charge >= 0.3 is 6.09 Å². The number of anilines is 1. The molecule has 0 saturated carbocycles. The molecule has 4 heterocycles. The van der Waals surface area contributed by atoms with Crippen LogP contribution in [-0.2, 0) is 11.3 Å². The minimum Gasteiger partial charge on any atom is -0.467 e. The Hall–Kier alpha value is -3.03. The second-order valence-corrected chi connectivity index (χ2v) is 7.00. The van der Waals surface area contributed by atoms with Crippen LogP contribution in [0.1, 0.15) is 31.1 Å². The van der Waals surface area contributed by atoms with Crippen molar-refractivity contribution in [1.29, 1.82) is 0 Å². The number of ether oxygens (including phenoxy) is 1. The number of carbonyl (C=O) groups is 1. The van der Waals surface area contributed by atoms with Crippen molar-refractivity contribution >= 4 is 23.2 Å². The van der Waals surface area contributed by atoms with Gasteiger partial charge in [-0.2, -0.15) is 0 Å². The number of hydrogen-bond donors (Lipinski definition) is 1. The van der Waals surface area contributed by atoms with Crippen molar-refractivity contribution in [2.75, 3.05) is 25.0 Å². The number of hydrogen-bond acceptors (Lipinski definition) is 6. The fourth-order valence-electron chi connectivity index (χ4n) is 3.53. The number of nitrogens with one attached hydrogen (secondary N) is 1. The van der Waals surface area contributed by atoms with Crippen molar-refractivity contribution in [3.8, 4) is 0 Å². The number of rotatable bonds is 5. The first-order chi connectivity index (χ1) is 13.7. The summed E-state index contributed by atoms with van der Waals surface area (Å²) in [5.41, 5.74) is 2.77. The maximum absolute atomic E-state index is 11.9. The Balaban J connectivity index is 1.52. The van der Waals surface area contributed by atoms with Gasteiger partial charge in [-0.05, 0) is 50.5 Å². The number of aromatic nitrogens is 3. The number of likely N-dealkylation sites (tertiary alicyclic amines) is 1. The van der Waals surface area contributed by atoms with E-state index in [1.807, 2.05) is 32.0 Å². The SMILES string of the molecule is CCOC(=O)N1CCC(Nc2nc3cccnc3n2Cc2occc2C)CC1. The second kappa shape index (κ2) is 7.92. The van der Waals surface area contributed by atoms with Crippen LogP contribution in [0.25, 0.3) is 11.2 Å². The Labute approximate surface area is 163 Å². The number of furan rings is 1. The molecule has 0 atom stereocenters. The highest BCUT2D eigenvalue weighted by Gasteiger charge is 2.25. The van der Waals surface area contributed by atoms with Gasteiger partial charge < -0.3 is 19.4 Å². The van der Waals surface area contributed by atoms with Crippen LogP contribution < -0.4 is 5.32 Å². The lowest BCUT2D eigenvalue weighted by Crippen LogP contribution is -2.42. The van der Waals surface area contributed by atoms with Crippen LogP contribution in [0.5, 0.6) is 0 Å². The molecule has 8 nitrogen and oxygen atoms in total.